The van der Waals surface area contributed by atoms with Crippen LogP contribution in [0.3, 0.4) is 0 Å². The van der Waals surface area contributed by atoms with Gasteiger partial charge in [-0.05, 0) is 25.7 Å². The molecule has 1 saturated heterocycles. The predicted molar refractivity (Wildman–Crippen MR) is 66.2 cm³/mol. The van der Waals surface area contributed by atoms with Gasteiger partial charge in [-0.1, -0.05) is 12.8 Å². The molecule has 1 rings (SSSR count). The van der Waals surface area contributed by atoms with Gasteiger partial charge in [0.15, 0.2) is 0 Å². The molecule has 1 heterocycles. The van der Waals surface area contributed by atoms with Gasteiger partial charge in [-0.15, -0.1) is 0 Å². The summed E-state index contributed by atoms with van der Waals surface area (Å²) in [6, 6.07) is 0. The Morgan fingerprint density at radius 3 is 2.65 bits per heavy atom. The van der Waals surface area contributed by atoms with Crippen LogP contribution < -0.4 is 5.14 Å². The Balaban J connectivity index is 1.81. The van der Waals surface area contributed by atoms with Crippen LogP contribution in [0.5, 0.6) is 0 Å². The van der Waals surface area contributed by atoms with Crippen LogP contribution in [0.1, 0.15) is 38.5 Å². The first-order valence-electron chi connectivity index (χ1n) is 6.28. The van der Waals surface area contributed by atoms with Gasteiger partial charge in [0, 0.05) is 13.2 Å². The third-order valence-electron chi connectivity index (χ3n) is 2.80. The van der Waals surface area contributed by atoms with Crippen molar-refractivity contribution in [3.8, 4) is 0 Å². The fourth-order valence-corrected chi connectivity index (χ4v) is 2.46. The van der Waals surface area contributed by atoms with Crippen molar-refractivity contribution in [3.05, 3.63) is 0 Å². The highest BCUT2D eigenvalue weighted by Gasteiger charge is 2.14. The standard InChI is InChI=1S/C11H23NO4S/c12-17(13,14)9-4-2-1-3-7-15-10-11-6-5-8-16-11/h11H,1-10H2,(H2,12,13,14). The highest BCUT2D eigenvalue weighted by Crippen LogP contribution is 2.12. The molecule has 2 N–H and O–H groups in total. The van der Waals surface area contributed by atoms with E-state index < -0.39 is 10.0 Å². The average Bonchev–Trinajstić information content (AvgIpc) is 2.73. The third kappa shape index (κ3) is 8.54. The normalized spacial score (nSPS) is 20.9. The van der Waals surface area contributed by atoms with Crippen LogP contribution in [-0.4, -0.2) is 40.1 Å². The highest BCUT2D eigenvalue weighted by molar-refractivity contribution is 7.89. The fourth-order valence-electron chi connectivity index (χ4n) is 1.85. The van der Waals surface area contributed by atoms with E-state index >= 15 is 0 Å². The molecule has 0 aromatic heterocycles. The van der Waals surface area contributed by atoms with Gasteiger partial charge in [0.25, 0.3) is 0 Å². The molecule has 0 aliphatic carbocycles. The summed E-state index contributed by atoms with van der Waals surface area (Å²) in [4.78, 5) is 0. The fraction of sp³-hybridized carbons (Fsp3) is 1.00. The van der Waals surface area contributed by atoms with Crippen LogP contribution in [0.4, 0.5) is 0 Å². The minimum Gasteiger partial charge on any atom is -0.379 e. The molecular formula is C11H23NO4S. The van der Waals surface area contributed by atoms with Crippen molar-refractivity contribution in [2.75, 3.05) is 25.6 Å². The van der Waals surface area contributed by atoms with E-state index in [-0.39, 0.29) is 11.9 Å². The molecule has 0 saturated carbocycles. The smallest absolute Gasteiger partial charge is 0.209 e. The molecule has 102 valence electrons. The van der Waals surface area contributed by atoms with Crippen LogP contribution in [0.2, 0.25) is 0 Å². The van der Waals surface area contributed by atoms with Gasteiger partial charge in [0.2, 0.25) is 10.0 Å². The molecule has 0 radical (unpaired) electrons. The average molecular weight is 265 g/mol. The summed E-state index contributed by atoms with van der Waals surface area (Å²) in [5.74, 6) is 0.0871. The van der Waals surface area contributed by atoms with Gasteiger partial charge in [-0.25, -0.2) is 13.6 Å². The van der Waals surface area contributed by atoms with Crippen LogP contribution in [-0.2, 0) is 19.5 Å². The first-order chi connectivity index (χ1) is 8.08. The predicted octanol–water partition coefficient (Wildman–Crippen LogP) is 1.03. The van der Waals surface area contributed by atoms with E-state index in [1.807, 2.05) is 0 Å². The van der Waals surface area contributed by atoms with E-state index in [1.165, 1.54) is 0 Å². The van der Waals surface area contributed by atoms with E-state index in [9.17, 15) is 8.42 Å². The molecule has 0 aromatic carbocycles. The Morgan fingerprint density at radius 1 is 1.24 bits per heavy atom. The maximum atomic E-state index is 10.7. The summed E-state index contributed by atoms with van der Waals surface area (Å²) in [6.07, 6.45) is 6.02. The highest BCUT2D eigenvalue weighted by atomic mass is 32.2. The molecule has 0 spiro atoms. The molecule has 1 atom stereocenters. The Labute approximate surface area is 104 Å². The lowest BCUT2D eigenvalue weighted by atomic mass is 10.2. The van der Waals surface area contributed by atoms with E-state index in [0.717, 1.165) is 45.3 Å². The topological polar surface area (TPSA) is 78.6 Å². The zero-order valence-electron chi connectivity index (χ0n) is 10.3. The summed E-state index contributed by atoms with van der Waals surface area (Å²) in [5.41, 5.74) is 0. The largest absolute Gasteiger partial charge is 0.379 e. The van der Waals surface area contributed by atoms with Crippen LogP contribution in [0, 0.1) is 0 Å². The van der Waals surface area contributed by atoms with E-state index in [4.69, 9.17) is 14.6 Å². The summed E-state index contributed by atoms with van der Waals surface area (Å²) >= 11 is 0. The van der Waals surface area contributed by atoms with Crippen molar-refractivity contribution in [2.45, 2.75) is 44.6 Å². The van der Waals surface area contributed by atoms with Gasteiger partial charge < -0.3 is 9.47 Å². The minimum absolute atomic E-state index is 0.0871. The molecule has 1 aliphatic heterocycles. The summed E-state index contributed by atoms with van der Waals surface area (Å²) in [5, 5.41) is 4.90. The van der Waals surface area contributed by atoms with E-state index in [2.05, 4.69) is 0 Å². The lowest BCUT2D eigenvalue weighted by Crippen LogP contribution is -2.16. The minimum atomic E-state index is -3.28. The number of unbranched alkanes of at least 4 members (excludes halogenated alkanes) is 3. The van der Waals surface area contributed by atoms with Crippen LogP contribution >= 0.6 is 0 Å². The molecule has 6 heteroatoms. The SMILES string of the molecule is NS(=O)(=O)CCCCCCOCC1CCCO1. The zero-order valence-corrected chi connectivity index (χ0v) is 11.1. The van der Waals surface area contributed by atoms with E-state index in [0.29, 0.717) is 13.0 Å². The Kier molecular flexibility index (Phi) is 7.03. The quantitative estimate of drug-likeness (QED) is 0.632. The van der Waals surface area contributed by atoms with Gasteiger partial charge in [0.1, 0.15) is 0 Å². The Hall–Kier alpha value is -0.170. The molecule has 0 amide bonds. The Bertz CT molecular complexity index is 286. The molecule has 0 aromatic rings. The molecule has 5 nitrogen and oxygen atoms in total. The number of hydrogen-bond acceptors (Lipinski definition) is 4. The van der Waals surface area contributed by atoms with Gasteiger partial charge >= 0.3 is 0 Å². The lowest BCUT2D eigenvalue weighted by Gasteiger charge is -2.09. The second-order valence-corrected chi connectivity index (χ2v) is 6.23. The number of hydrogen-bond donors (Lipinski definition) is 1. The van der Waals surface area contributed by atoms with Crippen molar-refractivity contribution in [3.63, 3.8) is 0 Å². The lowest BCUT2D eigenvalue weighted by molar-refractivity contribution is 0.0161. The number of primary sulfonamides is 1. The third-order valence-corrected chi connectivity index (χ3v) is 3.65. The van der Waals surface area contributed by atoms with Crippen molar-refractivity contribution in [1.29, 1.82) is 0 Å². The number of nitrogens with two attached hydrogens (primary N) is 1. The summed E-state index contributed by atoms with van der Waals surface area (Å²) < 4.78 is 32.2. The van der Waals surface area contributed by atoms with Gasteiger partial charge in [-0.3, -0.25) is 0 Å². The maximum Gasteiger partial charge on any atom is 0.209 e. The van der Waals surface area contributed by atoms with Crippen molar-refractivity contribution in [1.82, 2.24) is 0 Å². The first-order valence-corrected chi connectivity index (χ1v) is 7.99. The molecule has 1 fully saturated rings. The van der Waals surface area contributed by atoms with Crippen molar-refractivity contribution < 1.29 is 17.9 Å². The van der Waals surface area contributed by atoms with E-state index in [1.54, 1.807) is 0 Å². The maximum absolute atomic E-state index is 10.7. The number of ether oxygens (including phenoxy) is 2. The molecule has 0 bridgehead atoms. The molecular weight excluding hydrogens is 242 g/mol. The summed E-state index contributed by atoms with van der Waals surface area (Å²) in [7, 11) is -3.28. The van der Waals surface area contributed by atoms with Crippen molar-refractivity contribution in [2.24, 2.45) is 5.14 Å². The second-order valence-electron chi connectivity index (χ2n) is 4.49. The van der Waals surface area contributed by atoms with Crippen molar-refractivity contribution >= 4 is 10.0 Å². The number of rotatable bonds is 9. The monoisotopic (exact) mass is 265 g/mol. The zero-order chi connectivity index (χ0) is 12.6. The first kappa shape index (κ1) is 14.9. The summed E-state index contributed by atoms with van der Waals surface area (Å²) in [6.45, 7) is 2.29. The second kappa shape index (κ2) is 8.02. The molecule has 17 heavy (non-hydrogen) atoms. The van der Waals surface area contributed by atoms with Crippen LogP contribution in [0.15, 0.2) is 0 Å². The van der Waals surface area contributed by atoms with Gasteiger partial charge in [0.05, 0.1) is 18.5 Å². The molecule has 1 aliphatic rings. The van der Waals surface area contributed by atoms with Crippen LogP contribution in [0.25, 0.3) is 0 Å². The molecule has 1 unspecified atom stereocenters. The number of sulfonamides is 1. The Morgan fingerprint density at radius 2 is 2.00 bits per heavy atom. The van der Waals surface area contributed by atoms with Gasteiger partial charge in [-0.2, -0.15) is 0 Å².